The van der Waals surface area contributed by atoms with Gasteiger partial charge in [-0.25, -0.2) is 4.79 Å². The summed E-state index contributed by atoms with van der Waals surface area (Å²) < 4.78 is 6.30. The summed E-state index contributed by atoms with van der Waals surface area (Å²) in [4.78, 5) is 11.2. The van der Waals surface area contributed by atoms with Crippen LogP contribution >= 0.6 is 15.9 Å². The van der Waals surface area contributed by atoms with Gasteiger partial charge in [-0.2, -0.15) is 5.26 Å². The molecule has 0 aliphatic carbocycles. The van der Waals surface area contributed by atoms with Gasteiger partial charge in [0.15, 0.2) is 0 Å². The Kier molecular flexibility index (Phi) is 4.06. The first kappa shape index (κ1) is 14.1. The number of carbonyl (C=O) groups is 1. The topological polar surface area (TPSA) is 70.3 Å². The number of hydrogen-bond donors (Lipinski definition) is 1. The number of carboxylic acids is 1. The summed E-state index contributed by atoms with van der Waals surface area (Å²) >= 11 is 3.22. The maximum Gasteiger partial charge on any atom is 0.339 e. The van der Waals surface area contributed by atoms with Gasteiger partial charge in [-0.05, 0) is 36.8 Å². The summed E-state index contributed by atoms with van der Waals surface area (Å²) in [6.07, 6.45) is 0. The fourth-order valence-corrected chi connectivity index (χ4v) is 2.11. The molecule has 4 nitrogen and oxygen atoms in total. The fraction of sp³-hybridized carbons (Fsp3) is 0.0667. The van der Waals surface area contributed by atoms with Crippen molar-refractivity contribution >= 4 is 21.9 Å². The Hall–Kier alpha value is -2.32. The highest BCUT2D eigenvalue weighted by atomic mass is 79.9. The van der Waals surface area contributed by atoms with E-state index in [1.54, 1.807) is 37.3 Å². The molecule has 1 N–H and O–H groups in total. The molecular formula is C15H10BrNO3. The minimum absolute atomic E-state index is 0.0338. The van der Waals surface area contributed by atoms with E-state index in [0.717, 1.165) is 5.56 Å². The largest absolute Gasteiger partial charge is 0.478 e. The van der Waals surface area contributed by atoms with E-state index in [2.05, 4.69) is 15.9 Å². The molecular weight excluding hydrogens is 322 g/mol. The standard InChI is InChI=1S/C15H10BrNO3/c1-9-3-2-4-10(8-17)14(9)20-13-6-5-11(16)7-12(13)15(18)19/h2-7H,1H3,(H,18,19). The number of halogens is 1. The van der Waals surface area contributed by atoms with Gasteiger partial charge in [-0.3, -0.25) is 0 Å². The highest BCUT2D eigenvalue weighted by Crippen LogP contribution is 2.32. The number of nitrogens with zero attached hydrogens (tertiary/aromatic N) is 1. The van der Waals surface area contributed by atoms with Crippen LogP contribution in [0.4, 0.5) is 0 Å². The van der Waals surface area contributed by atoms with Crippen LogP contribution in [-0.4, -0.2) is 11.1 Å². The average molecular weight is 332 g/mol. The third-order valence-electron chi connectivity index (χ3n) is 2.72. The van der Waals surface area contributed by atoms with E-state index in [-0.39, 0.29) is 11.3 Å². The quantitative estimate of drug-likeness (QED) is 0.918. The van der Waals surface area contributed by atoms with E-state index in [4.69, 9.17) is 10.00 Å². The molecule has 0 heterocycles. The lowest BCUT2D eigenvalue weighted by atomic mass is 10.1. The van der Waals surface area contributed by atoms with Crippen LogP contribution in [0.1, 0.15) is 21.5 Å². The SMILES string of the molecule is Cc1cccc(C#N)c1Oc1ccc(Br)cc1C(=O)O. The third kappa shape index (κ3) is 2.81. The molecule has 0 bridgehead atoms. The zero-order chi connectivity index (χ0) is 14.7. The van der Waals surface area contributed by atoms with Gasteiger partial charge in [-0.1, -0.05) is 28.1 Å². The first-order chi connectivity index (χ1) is 9.52. The van der Waals surface area contributed by atoms with Crippen molar-refractivity contribution in [1.29, 1.82) is 5.26 Å². The molecule has 0 fully saturated rings. The number of para-hydroxylation sites is 1. The van der Waals surface area contributed by atoms with Gasteiger partial charge < -0.3 is 9.84 Å². The lowest BCUT2D eigenvalue weighted by Crippen LogP contribution is -2.01. The number of hydrogen-bond acceptors (Lipinski definition) is 3. The Morgan fingerprint density at radius 2 is 2.10 bits per heavy atom. The van der Waals surface area contributed by atoms with Gasteiger partial charge in [0.25, 0.3) is 0 Å². The highest BCUT2D eigenvalue weighted by Gasteiger charge is 2.15. The monoisotopic (exact) mass is 331 g/mol. The molecule has 0 radical (unpaired) electrons. The minimum Gasteiger partial charge on any atom is -0.478 e. The van der Waals surface area contributed by atoms with Gasteiger partial charge in [0.05, 0.1) is 5.56 Å². The molecule has 0 atom stereocenters. The lowest BCUT2D eigenvalue weighted by molar-refractivity contribution is 0.0694. The van der Waals surface area contributed by atoms with Crippen LogP contribution < -0.4 is 4.74 Å². The van der Waals surface area contributed by atoms with Crippen molar-refractivity contribution < 1.29 is 14.6 Å². The molecule has 2 aromatic carbocycles. The van der Waals surface area contributed by atoms with Gasteiger partial charge in [-0.15, -0.1) is 0 Å². The summed E-state index contributed by atoms with van der Waals surface area (Å²) in [6.45, 7) is 1.80. The molecule has 0 aliphatic rings. The number of aryl methyl sites for hydroxylation is 1. The van der Waals surface area contributed by atoms with E-state index in [0.29, 0.717) is 15.8 Å². The molecule has 2 aromatic rings. The second kappa shape index (κ2) is 5.76. The van der Waals surface area contributed by atoms with Crippen molar-refractivity contribution in [3.63, 3.8) is 0 Å². The maximum absolute atomic E-state index is 11.2. The van der Waals surface area contributed by atoms with Crippen molar-refractivity contribution in [2.45, 2.75) is 6.92 Å². The van der Waals surface area contributed by atoms with E-state index >= 15 is 0 Å². The molecule has 2 rings (SSSR count). The molecule has 0 saturated carbocycles. The van der Waals surface area contributed by atoms with Crippen molar-refractivity contribution in [3.8, 4) is 17.6 Å². The van der Waals surface area contributed by atoms with Crippen LogP contribution in [0.25, 0.3) is 0 Å². The molecule has 0 spiro atoms. The first-order valence-corrected chi connectivity index (χ1v) is 6.52. The van der Waals surface area contributed by atoms with Gasteiger partial charge in [0, 0.05) is 4.47 Å². The van der Waals surface area contributed by atoms with Crippen molar-refractivity contribution in [3.05, 3.63) is 57.6 Å². The van der Waals surface area contributed by atoms with Crippen LogP contribution in [0.15, 0.2) is 40.9 Å². The van der Waals surface area contributed by atoms with Crippen molar-refractivity contribution in [2.75, 3.05) is 0 Å². The van der Waals surface area contributed by atoms with Crippen molar-refractivity contribution in [2.24, 2.45) is 0 Å². The average Bonchev–Trinajstić information content (AvgIpc) is 2.42. The predicted octanol–water partition coefficient (Wildman–Crippen LogP) is 4.12. The number of carboxylic acid groups (broad SMARTS) is 1. The maximum atomic E-state index is 11.2. The molecule has 100 valence electrons. The minimum atomic E-state index is -1.09. The first-order valence-electron chi connectivity index (χ1n) is 5.73. The molecule has 20 heavy (non-hydrogen) atoms. The molecule has 0 aliphatic heterocycles. The predicted molar refractivity (Wildman–Crippen MR) is 77.1 cm³/mol. The normalized spacial score (nSPS) is 9.85. The molecule has 0 saturated heterocycles. The number of aromatic carboxylic acids is 1. The molecule has 5 heteroatoms. The number of rotatable bonds is 3. The lowest BCUT2D eigenvalue weighted by Gasteiger charge is -2.12. The summed E-state index contributed by atoms with van der Waals surface area (Å²) in [7, 11) is 0. The summed E-state index contributed by atoms with van der Waals surface area (Å²) in [5.74, 6) is -0.514. The van der Waals surface area contributed by atoms with E-state index < -0.39 is 5.97 Å². The number of ether oxygens (including phenoxy) is 1. The van der Waals surface area contributed by atoms with Gasteiger partial charge >= 0.3 is 5.97 Å². The van der Waals surface area contributed by atoms with Crippen LogP contribution in [0.5, 0.6) is 11.5 Å². The van der Waals surface area contributed by atoms with Crippen LogP contribution in [0.3, 0.4) is 0 Å². The van der Waals surface area contributed by atoms with Crippen LogP contribution in [-0.2, 0) is 0 Å². The Labute approximate surface area is 124 Å². The number of benzene rings is 2. The second-order valence-electron chi connectivity index (χ2n) is 4.11. The Morgan fingerprint density at radius 1 is 1.35 bits per heavy atom. The van der Waals surface area contributed by atoms with E-state index in [1.807, 2.05) is 6.07 Å². The van der Waals surface area contributed by atoms with Crippen LogP contribution in [0.2, 0.25) is 0 Å². The van der Waals surface area contributed by atoms with Crippen LogP contribution in [0, 0.1) is 18.3 Å². The second-order valence-corrected chi connectivity index (χ2v) is 5.03. The summed E-state index contributed by atoms with van der Waals surface area (Å²) in [5, 5.41) is 18.3. The highest BCUT2D eigenvalue weighted by molar-refractivity contribution is 9.10. The van der Waals surface area contributed by atoms with Gasteiger partial charge in [0.2, 0.25) is 0 Å². The smallest absolute Gasteiger partial charge is 0.339 e. The summed E-state index contributed by atoms with van der Waals surface area (Å²) in [6, 6.07) is 11.9. The third-order valence-corrected chi connectivity index (χ3v) is 3.21. The van der Waals surface area contributed by atoms with E-state index in [1.165, 1.54) is 6.07 Å². The van der Waals surface area contributed by atoms with Crippen molar-refractivity contribution in [1.82, 2.24) is 0 Å². The molecule has 0 aromatic heterocycles. The van der Waals surface area contributed by atoms with E-state index in [9.17, 15) is 9.90 Å². The summed E-state index contributed by atoms with van der Waals surface area (Å²) in [5.41, 5.74) is 1.17. The Bertz CT molecular complexity index is 720. The zero-order valence-electron chi connectivity index (χ0n) is 10.6. The Morgan fingerprint density at radius 3 is 2.75 bits per heavy atom. The molecule has 0 unspecified atom stereocenters. The Balaban J connectivity index is 2.51. The van der Waals surface area contributed by atoms with Gasteiger partial charge in [0.1, 0.15) is 23.1 Å². The fourth-order valence-electron chi connectivity index (χ4n) is 1.74. The zero-order valence-corrected chi connectivity index (χ0v) is 12.1. The number of nitriles is 1. The molecule has 0 amide bonds.